The van der Waals surface area contributed by atoms with Gasteiger partial charge in [-0.25, -0.2) is 4.68 Å². The van der Waals surface area contributed by atoms with Crippen LogP contribution in [0.4, 0.5) is 5.82 Å². The van der Waals surface area contributed by atoms with E-state index in [4.69, 9.17) is 4.74 Å². The first kappa shape index (κ1) is 12.9. The van der Waals surface area contributed by atoms with Gasteiger partial charge in [-0.1, -0.05) is 0 Å². The molecule has 6 nitrogen and oxygen atoms in total. The van der Waals surface area contributed by atoms with E-state index in [2.05, 4.69) is 15.7 Å². The Kier molecular flexibility index (Phi) is 3.86. The number of carbonyl (C=O) groups excluding carboxylic acids is 1. The van der Waals surface area contributed by atoms with Crippen molar-refractivity contribution in [3.8, 4) is 5.88 Å². The van der Waals surface area contributed by atoms with Crippen LogP contribution in [-0.4, -0.2) is 35.4 Å². The van der Waals surface area contributed by atoms with Gasteiger partial charge in [-0.15, -0.1) is 0 Å². The van der Waals surface area contributed by atoms with Crippen molar-refractivity contribution in [2.45, 2.75) is 25.8 Å². The van der Waals surface area contributed by atoms with E-state index >= 15 is 0 Å². The first-order valence-electron chi connectivity index (χ1n) is 6.24. The molecule has 1 amide bonds. The van der Waals surface area contributed by atoms with Gasteiger partial charge in [-0.2, -0.15) is 5.10 Å². The Balaban J connectivity index is 2.01. The highest BCUT2D eigenvalue weighted by Gasteiger charge is 2.27. The number of ether oxygens (including phenoxy) is 1. The van der Waals surface area contributed by atoms with Crippen molar-refractivity contribution in [2.75, 3.05) is 19.0 Å². The second-order valence-electron chi connectivity index (χ2n) is 4.68. The molecule has 0 saturated carbocycles. The van der Waals surface area contributed by atoms with Crippen LogP contribution in [0.3, 0.4) is 0 Å². The lowest BCUT2D eigenvalue weighted by molar-refractivity contribution is -0.121. The fraction of sp³-hybridized carbons (Fsp3) is 0.667. The predicted molar refractivity (Wildman–Crippen MR) is 68.6 cm³/mol. The SMILES string of the molecule is COc1cc(NC(=O)C2CCCNC2C)nn1C. The highest BCUT2D eigenvalue weighted by atomic mass is 16.5. The summed E-state index contributed by atoms with van der Waals surface area (Å²) in [7, 11) is 3.36. The van der Waals surface area contributed by atoms with Gasteiger partial charge in [0.15, 0.2) is 5.82 Å². The molecule has 0 bridgehead atoms. The van der Waals surface area contributed by atoms with Gasteiger partial charge < -0.3 is 15.4 Å². The number of hydrogen-bond donors (Lipinski definition) is 2. The van der Waals surface area contributed by atoms with E-state index in [9.17, 15) is 4.79 Å². The molecule has 1 saturated heterocycles. The predicted octanol–water partition coefficient (Wildman–Crippen LogP) is 0.755. The Hall–Kier alpha value is -1.56. The van der Waals surface area contributed by atoms with E-state index in [1.54, 1.807) is 24.9 Å². The minimum absolute atomic E-state index is 0.00625. The molecule has 1 aromatic heterocycles. The molecule has 0 aromatic carbocycles. The fourth-order valence-electron chi connectivity index (χ4n) is 2.32. The van der Waals surface area contributed by atoms with E-state index in [0.717, 1.165) is 19.4 Å². The maximum Gasteiger partial charge on any atom is 0.230 e. The standard InChI is InChI=1S/C12H20N4O2/c1-8-9(5-4-6-13-8)12(17)14-10-7-11(18-3)16(2)15-10/h7-9,13H,4-6H2,1-3H3,(H,14,15,17). The van der Waals surface area contributed by atoms with Gasteiger partial charge in [0, 0.05) is 19.2 Å². The molecule has 0 radical (unpaired) electrons. The molecule has 1 fully saturated rings. The Morgan fingerprint density at radius 2 is 2.44 bits per heavy atom. The lowest BCUT2D eigenvalue weighted by Crippen LogP contribution is -2.44. The third-order valence-corrected chi connectivity index (χ3v) is 3.40. The summed E-state index contributed by atoms with van der Waals surface area (Å²) in [5.41, 5.74) is 0. The molecule has 0 spiro atoms. The van der Waals surface area contributed by atoms with Crippen LogP contribution in [0.15, 0.2) is 6.07 Å². The van der Waals surface area contributed by atoms with E-state index < -0.39 is 0 Å². The van der Waals surface area contributed by atoms with Crippen molar-refractivity contribution in [1.82, 2.24) is 15.1 Å². The first-order chi connectivity index (χ1) is 8.61. The van der Waals surface area contributed by atoms with Crippen LogP contribution in [-0.2, 0) is 11.8 Å². The van der Waals surface area contributed by atoms with Crippen molar-refractivity contribution in [2.24, 2.45) is 13.0 Å². The molecule has 0 aliphatic carbocycles. The Morgan fingerprint density at radius 3 is 3.06 bits per heavy atom. The van der Waals surface area contributed by atoms with E-state index in [1.807, 2.05) is 6.92 Å². The summed E-state index contributed by atoms with van der Waals surface area (Å²) in [5, 5.41) is 10.3. The number of rotatable bonds is 3. The minimum atomic E-state index is 0.00625. The molecule has 6 heteroatoms. The summed E-state index contributed by atoms with van der Waals surface area (Å²) in [5.74, 6) is 1.19. The van der Waals surface area contributed by atoms with Crippen LogP contribution < -0.4 is 15.4 Å². The Bertz CT molecular complexity index is 430. The van der Waals surface area contributed by atoms with Crippen LogP contribution in [0.1, 0.15) is 19.8 Å². The number of piperidine rings is 1. The molecule has 1 aromatic rings. The molecule has 2 N–H and O–H groups in total. The number of hydrogen-bond acceptors (Lipinski definition) is 4. The van der Waals surface area contributed by atoms with E-state index in [1.165, 1.54) is 0 Å². The largest absolute Gasteiger partial charge is 0.481 e. The smallest absolute Gasteiger partial charge is 0.230 e. The normalized spacial score (nSPS) is 23.7. The number of nitrogens with zero attached hydrogens (tertiary/aromatic N) is 2. The number of carbonyl (C=O) groups is 1. The molecule has 2 atom stereocenters. The van der Waals surface area contributed by atoms with Crippen molar-refractivity contribution in [3.05, 3.63) is 6.07 Å². The zero-order valence-electron chi connectivity index (χ0n) is 11.1. The monoisotopic (exact) mass is 252 g/mol. The average Bonchev–Trinajstić information content (AvgIpc) is 2.69. The third-order valence-electron chi connectivity index (χ3n) is 3.40. The van der Waals surface area contributed by atoms with Crippen molar-refractivity contribution in [3.63, 3.8) is 0 Å². The van der Waals surface area contributed by atoms with Crippen molar-refractivity contribution >= 4 is 11.7 Å². The first-order valence-corrected chi connectivity index (χ1v) is 6.24. The number of nitrogens with one attached hydrogen (secondary N) is 2. The highest BCUT2D eigenvalue weighted by molar-refractivity contribution is 5.92. The maximum atomic E-state index is 12.1. The number of aromatic nitrogens is 2. The zero-order chi connectivity index (χ0) is 13.1. The maximum absolute atomic E-state index is 12.1. The lowest BCUT2D eigenvalue weighted by atomic mass is 9.91. The topological polar surface area (TPSA) is 68.2 Å². The molecule has 2 rings (SSSR count). The second-order valence-corrected chi connectivity index (χ2v) is 4.68. The molecule has 1 aliphatic heterocycles. The number of amides is 1. The summed E-state index contributed by atoms with van der Waals surface area (Å²) in [6, 6.07) is 1.93. The summed E-state index contributed by atoms with van der Waals surface area (Å²) in [4.78, 5) is 12.1. The van der Waals surface area contributed by atoms with Gasteiger partial charge in [0.05, 0.1) is 13.0 Å². The van der Waals surface area contributed by atoms with Crippen molar-refractivity contribution in [1.29, 1.82) is 0 Å². The lowest BCUT2D eigenvalue weighted by Gasteiger charge is -2.28. The van der Waals surface area contributed by atoms with Crippen LogP contribution in [0, 0.1) is 5.92 Å². The fourth-order valence-corrected chi connectivity index (χ4v) is 2.32. The molecule has 100 valence electrons. The van der Waals surface area contributed by atoms with Crippen LogP contribution in [0.2, 0.25) is 0 Å². The molecule has 1 aliphatic rings. The number of aryl methyl sites for hydroxylation is 1. The van der Waals surface area contributed by atoms with E-state index in [0.29, 0.717) is 11.7 Å². The molecule has 18 heavy (non-hydrogen) atoms. The van der Waals surface area contributed by atoms with Gasteiger partial charge in [0.2, 0.25) is 11.8 Å². The van der Waals surface area contributed by atoms with Gasteiger partial charge in [0.1, 0.15) is 0 Å². The van der Waals surface area contributed by atoms with Gasteiger partial charge >= 0.3 is 0 Å². The van der Waals surface area contributed by atoms with Crippen molar-refractivity contribution < 1.29 is 9.53 Å². The number of methoxy groups -OCH3 is 1. The zero-order valence-corrected chi connectivity index (χ0v) is 11.1. The van der Waals surface area contributed by atoms with Gasteiger partial charge in [-0.05, 0) is 26.3 Å². The second kappa shape index (κ2) is 5.39. The van der Waals surface area contributed by atoms with Crippen LogP contribution >= 0.6 is 0 Å². The minimum Gasteiger partial charge on any atom is -0.481 e. The molecular weight excluding hydrogens is 232 g/mol. The van der Waals surface area contributed by atoms with E-state index in [-0.39, 0.29) is 17.9 Å². The molecule has 2 heterocycles. The summed E-state index contributed by atoms with van der Waals surface area (Å²) in [6.07, 6.45) is 1.96. The highest BCUT2D eigenvalue weighted by Crippen LogP contribution is 2.20. The quantitative estimate of drug-likeness (QED) is 0.833. The van der Waals surface area contributed by atoms with Gasteiger partial charge in [0.25, 0.3) is 0 Å². The van der Waals surface area contributed by atoms with Crippen LogP contribution in [0.5, 0.6) is 5.88 Å². The molecular formula is C12H20N4O2. The summed E-state index contributed by atoms with van der Waals surface area (Å²) in [6.45, 7) is 3.03. The Labute approximate surface area is 107 Å². The number of anilines is 1. The summed E-state index contributed by atoms with van der Waals surface area (Å²) >= 11 is 0. The Morgan fingerprint density at radius 1 is 1.67 bits per heavy atom. The third kappa shape index (κ3) is 2.64. The van der Waals surface area contributed by atoms with Gasteiger partial charge in [-0.3, -0.25) is 4.79 Å². The van der Waals surface area contributed by atoms with Crippen LogP contribution in [0.25, 0.3) is 0 Å². The summed E-state index contributed by atoms with van der Waals surface area (Å²) < 4.78 is 6.71. The average molecular weight is 252 g/mol. The molecule has 2 unspecified atom stereocenters.